The first-order valence-electron chi connectivity index (χ1n) is 8.27. The Kier molecular flexibility index (Phi) is 4.93. The molecular formula is C21H23NOSi. The summed E-state index contributed by atoms with van der Waals surface area (Å²) in [5, 5.41) is 1.29. The van der Waals surface area contributed by atoms with Gasteiger partial charge in [0.2, 0.25) is 8.32 Å². The molecular weight excluding hydrogens is 310 g/mol. The van der Waals surface area contributed by atoms with Crippen LogP contribution < -0.4 is 5.19 Å². The van der Waals surface area contributed by atoms with Crippen LogP contribution in [0.25, 0.3) is 0 Å². The minimum atomic E-state index is -2.06. The van der Waals surface area contributed by atoms with Crippen molar-refractivity contribution in [1.29, 1.82) is 0 Å². The minimum absolute atomic E-state index is 0.145. The molecule has 0 saturated carbocycles. The Bertz CT molecular complexity index is 770. The van der Waals surface area contributed by atoms with Crippen molar-refractivity contribution in [2.24, 2.45) is 0 Å². The van der Waals surface area contributed by atoms with Crippen LogP contribution in [-0.4, -0.2) is 13.3 Å². The van der Waals surface area contributed by atoms with Gasteiger partial charge in [0.05, 0.1) is 5.69 Å². The summed E-state index contributed by atoms with van der Waals surface area (Å²) in [5.41, 5.74) is 3.26. The monoisotopic (exact) mass is 333 g/mol. The summed E-state index contributed by atoms with van der Waals surface area (Å²) in [5.74, 6) is 0. The molecule has 0 N–H and O–H groups in total. The van der Waals surface area contributed by atoms with Crippen LogP contribution in [0.1, 0.15) is 22.9 Å². The molecule has 0 fully saturated rings. The third-order valence-electron chi connectivity index (χ3n) is 4.19. The molecule has 3 aromatic rings. The molecule has 0 aliphatic heterocycles. The van der Waals surface area contributed by atoms with E-state index >= 15 is 0 Å². The summed E-state index contributed by atoms with van der Waals surface area (Å²) in [6.45, 7) is 6.54. The normalized spacial score (nSPS) is 12.8. The van der Waals surface area contributed by atoms with Crippen molar-refractivity contribution in [3.05, 3.63) is 95.8 Å². The van der Waals surface area contributed by atoms with E-state index in [4.69, 9.17) is 4.43 Å². The first-order valence-corrected chi connectivity index (χ1v) is 11.2. The molecule has 1 unspecified atom stereocenters. The van der Waals surface area contributed by atoms with Gasteiger partial charge in [-0.05, 0) is 42.4 Å². The second kappa shape index (κ2) is 7.12. The van der Waals surface area contributed by atoms with Crippen molar-refractivity contribution in [1.82, 2.24) is 4.98 Å². The Balaban J connectivity index is 1.98. The largest absolute Gasteiger partial charge is 0.400 e. The van der Waals surface area contributed by atoms with E-state index in [2.05, 4.69) is 85.7 Å². The zero-order valence-corrected chi connectivity index (χ0v) is 15.4. The molecule has 0 saturated heterocycles. The highest BCUT2D eigenvalue weighted by molar-refractivity contribution is 6.84. The minimum Gasteiger partial charge on any atom is -0.400 e. The Labute approximate surface area is 145 Å². The lowest BCUT2D eigenvalue weighted by atomic mass is 10.1. The topological polar surface area (TPSA) is 22.1 Å². The van der Waals surface area contributed by atoms with Gasteiger partial charge in [0.1, 0.15) is 6.10 Å². The van der Waals surface area contributed by atoms with Gasteiger partial charge in [0.15, 0.2) is 0 Å². The van der Waals surface area contributed by atoms with Gasteiger partial charge in [-0.3, -0.25) is 4.98 Å². The molecule has 24 heavy (non-hydrogen) atoms. The molecule has 3 rings (SSSR count). The number of hydrogen-bond donors (Lipinski definition) is 0. The second-order valence-electron chi connectivity index (χ2n) is 6.55. The van der Waals surface area contributed by atoms with Crippen molar-refractivity contribution in [2.75, 3.05) is 0 Å². The Morgan fingerprint density at radius 1 is 0.833 bits per heavy atom. The number of hydrogen-bond acceptors (Lipinski definition) is 2. The summed E-state index contributed by atoms with van der Waals surface area (Å²) in [6, 6.07) is 25.1. The number of nitrogens with zero attached hydrogens (tertiary/aromatic N) is 1. The highest BCUT2D eigenvalue weighted by Crippen LogP contribution is 2.28. The number of pyridine rings is 1. The first-order chi connectivity index (χ1) is 11.6. The fraction of sp³-hybridized carbons (Fsp3) is 0.190. The highest BCUT2D eigenvalue weighted by atomic mass is 28.4. The summed E-state index contributed by atoms with van der Waals surface area (Å²) < 4.78 is 6.71. The van der Waals surface area contributed by atoms with Crippen LogP contribution in [0, 0.1) is 6.92 Å². The number of aromatic nitrogens is 1. The number of aryl methyl sites for hydroxylation is 1. The lowest BCUT2D eigenvalue weighted by Crippen LogP contribution is -2.45. The van der Waals surface area contributed by atoms with Crippen molar-refractivity contribution in [3.63, 3.8) is 0 Å². The molecule has 0 spiro atoms. The van der Waals surface area contributed by atoms with Crippen molar-refractivity contribution in [3.8, 4) is 0 Å². The standard InChI is InChI=1S/C21H23NOSi/c1-17-14-15-20(22-16-17)21(18-10-6-4-7-11-18)23-24(2,3)19-12-8-5-9-13-19/h4-16,21H,1-3H3. The molecule has 0 aliphatic rings. The average Bonchev–Trinajstić information content (AvgIpc) is 2.62. The molecule has 2 nitrogen and oxygen atoms in total. The Hall–Kier alpha value is -2.23. The molecule has 122 valence electrons. The predicted molar refractivity (Wildman–Crippen MR) is 102 cm³/mol. The fourth-order valence-corrected chi connectivity index (χ4v) is 4.74. The van der Waals surface area contributed by atoms with Crippen molar-refractivity contribution in [2.45, 2.75) is 26.1 Å². The van der Waals surface area contributed by atoms with Crippen LogP contribution in [-0.2, 0) is 4.43 Å². The van der Waals surface area contributed by atoms with Gasteiger partial charge in [-0.15, -0.1) is 0 Å². The van der Waals surface area contributed by atoms with Gasteiger partial charge in [0.25, 0.3) is 0 Å². The van der Waals surface area contributed by atoms with Crippen LogP contribution in [0.3, 0.4) is 0 Å². The molecule has 2 aromatic carbocycles. The number of rotatable bonds is 5. The maximum absolute atomic E-state index is 6.71. The average molecular weight is 334 g/mol. The first kappa shape index (κ1) is 16.6. The van der Waals surface area contributed by atoms with Crippen molar-refractivity contribution >= 4 is 13.5 Å². The van der Waals surface area contributed by atoms with Gasteiger partial charge < -0.3 is 4.43 Å². The third-order valence-corrected chi connectivity index (χ3v) is 6.74. The molecule has 0 amide bonds. The summed E-state index contributed by atoms with van der Waals surface area (Å²) >= 11 is 0. The molecule has 1 aromatic heterocycles. The van der Waals surface area contributed by atoms with Crippen LogP contribution >= 0.6 is 0 Å². The molecule has 1 heterocycles. The van der Waals surface area contributed by atoms with Crippen LogP contribution in [0.4, 0.5) is 0 Å². The lowest BCUT2D eigenvalue weighted by Gasteiger charge is -2.30. The fourth-order valence-electron chi connectivity index (χ4n) is 2.76. The molecule has 0 radical (unpaired) electrons. The van der Waals surface area contributed by atoms with Crippen molar-refractivity contribution < 1.29 is 4.43 Å². The van der Waals surface area contributed by atoms with E-state index in [1.807, 2.05) is 18.3 Å². The van der Waals surface area contributed by atoms with E-state index in [9.17, 15) is 0 Å². The van der Waals surface area contributed by atoms with E-state index in [1.165, 1.54) is 5.19 Å². The summed E-state index contributed by atoms with van der Waals surface area (Å²) in [7, 11) is -2.06. The Morgan fingerprint density at radius 2 is 1.46 bits per heavy atom. The Morgan fingerprint density at radius 3 is 2.04 bits per heavy atom. The molecule has 3 heteroatoms. The van der Waals surface area contributed by atoms with E-state index in [0.29, 0.717) is 0 Å². The molecule has 1 atom stereocenters. The van der Waals surface area contributed by atoms with Gasteiger partial charge in [0, 0.05) is 6.20 Å². The van der Waals surface area contributed by atoms with E-state index in [0.717, 1.165) is 16.8 Å². The van der Waals surface area contributed by atoms with Crippen LogP contribution in [0.5, 0.6) is 0 Å². The third kappa shape index (κ3) is 3.81. The highest BCUT2D eigenvalue weighted by Gasteiger charge is 2.31. The number of benzene rings is 2. The smallest absolute Gasteiger partial charge is 0.219 e. The quantitative estimate of drug-likeness (QED) is 0.636. The van der Waals surface area contributed by atoms with Gasteiger partial charge in [-0.1, -0.05) is 66.7 Å². The summed E-state index contributed by atoms with van der Waals surface area (Å²) in [6.07, 6.45) is 1.76. The zero-order chi connectivity index (χ0) is 17.0. The zero-order valence-electron chi connectivity index (χ0n) is 14.4. The van der Waals surface area contributed by atoms with E-state index < -0.39 is 8.32 Å². The molecule has 0 bridgehead atoms. The van der Waals surface area contributed by atoms with Gasteiger partial charge in [-0.25, -0.2) is 0 Å². The lowest BCUT2D eigenvalue weighted by molar-refractivity contribution is 0.238. The summed E-state index contributed by atoms with van der Waals surface area (Å²) in [4.78, 5) is 4.63. The van der Waals surface area contributed by atoms with E-state index in [1.54, 1.807) is 0 Å². The van der Waals surface area contributed by atoms with Gasteiger partial charge in [-0.2, -0.15) is 0 Å². The SMILES string of the molecule is Cc1ccc(C(O[Si](C)(C)c2ccccc2)c2ccccc2)nc1. The maximum Gasteiger partial charge on any atom is 0.219 e. The van der Waals surface area contributed by atoms with E-state index in [-0.39, 0.29) is 6.10 Å². The predicted octanol–water partition coefficient (Wildman–Crippen LogP) is 4.61. The van der Waals surface area contributed by atoms with Crippen LogP contribution in [0.2, 0.25) is 13.1 Å². The van der Waals surface area contributed by atoms with Gasteiger partial charge >= 0.3 is 0 Å². The molecule has 0 aliphatic carbocycles. The second-order valence-corrected chi connectivity index (χ2v) is 10.4. The van der Waals surface area contributed by atoms with Crippen LogP contribution in [0.15, 0.2) is 79.0 Å². The maximum atomic E-state index is 6.71.